The lowest BCUT2D eigenvalue weighted by atomic mass is 9.88. The first-order valence-corrected chi connectivity index (χ1v) is 15.5. The monoisotopic (exact) mass is 584 g/mol. The molecule has 6 heteroatoms. The normalized spacial score (nSPS) is 20.8. The summed E-state index contributed by atoms with van der Waals surface area (Å²) in [4.78, 5) is 5.33. The molecule has 2 aromatic heterocycles. The summed E-state index contributed by atoms with van der Waals surface area (Å²) in [5.41, 5.74) is 7.32. The van der Waals surface area contributed by atoms with Crippen molar-refractivity contribution >= 4 is 49.7 Å². The molecule has 3 unspecified atom stereocenters. The predicted molar refractivity (Wildman–Crippen MR) is 179 cm³/mol. The summed E-state index contributed by atoms with van der Waals surface area (Å²) in [6.07, 6.45) is 4.88. The molecule has 0 fully saturated rings. The molecular weight excluding hydrogens is 556 g/mol. The van der Waals surface area contributed by atoms with E-state index >= 15 is 0 Å². The number of aromatic nitrogens is 1. The summed E-state index contributed by atoms with van der Waals surface area (Å²) < 4.78 is 15.2. The Kier molecular flexibility index (Phi) is 5.21. The van der Waals surface area contributed by atoms with Gasteiger partial charge in [0.05, 0.1) is 11.0 Å². The largest absolute Gasteiger partial charge is 0.460 e. The molecule has 45 heavy (non-hydrogen) atoms. The SMILES string of the molecule is C1=CC(C2NC(n3c4ccccc4c4cc5c(cc43)oc3ccccc35)=NC(c3ccccc3)N2)=C2Oc3ccccc3C2C1. The van der Waals surface area contributed by atoms with Crippen LogP contribution in [0.2, 0.25) is 0 Å². The third kappa shape index (κ3) is 3.69. The smallest absolute Gasteiger partial charge is 0.206 e. The molecule has 6 nitrogen and oxygen atoms in total. The number of nitrogens with zero attached hydrogens (tertiary/aromatic N) is 2. The van der Waals surface area contributed by atoms with Crippen LogP contribution in [0.4, 0.5) is 0 Å². The molecule has 10 rings (SSSR count). The van der Waals surface area contributed by atoms with E-state index < -0.39 is 0 Å². The third-order valence-electron chi connectivity index (χ3n) is 9.44. The topological polar surface area (TPSA) is 63.7 Å². The van der Waals surface area contributed by atoms with Crippen LogP contribution in [0.25, 0.3) is 43.7 Å². The Labute approximate surface area is 258 Å². The van der Waals surface area contributed by atoms with Crippen LogP contribution in [0.3, 0.4) is 0 Å². The van der Waals surface area contributed by atoms with Gasteiger partial charge in [-0.05, 0) is 36.2 Å². The minimum Gasteiger partial charge on any atom is -0.460 e. The van der Waals surface area contributed by atoms with E-state index in [9.17, 15) is 0 Å². The molecule has 0 radical (unpaired) electrons. The molecule has 216 valence electrons. The van der Waals surface area contributed by atoms with Crippen LogP contribution in [0.5, 0.6) is 5.75 Å². The molecule has 0 amide bonds. The van der Waals surface area contributed by atoms with Gasteiger partial charge in [-0.3, -0.25) is 9.88 Å². The van der Waals surface area contributed by atoms with Gasteiger partial charge in [-0.25, -0.2) is 4.99 Å². The lowest BCUT2D eigenvalue weighted by Crippen LogP contribution is -2.54. The van der Waals surface area contributed by atoms with Crippen molar-refractivity contribution in [3.05, 3.63) is 150 Å². The molecule has 0 saturated carbocycles. The zero-order chi connectivity index (χ0) is 29.5. The van der Waals surface area contributed by atoms with Crippen LogP contribution in [0, 0.1) is 0 Å². The van der Waals surface area contributed by atoms with Crippen LogP contribution in [-0.4, -0.2) is 16.7 Å². The second-order valence-electron chi connectivity index (χ2n) is 12.0. The zero-order valence-electron chi connectivity index (χ0n) is 24.3. The maximum absolute atomic E-state index is 6.55. The Hall–Kier alpha value is -5.59. The Balaban J connectivity index is 1.18. The number of hydrogen-bond donors (Lipinski definition) is 2. The fourth-order valence-corrected chi connectivity index (χ4v) is 7.38. The minimum absolute atomic E-state index is 0.205. The van der Waals surface area contributed by atoms with E-state index in [0.29, 0.717) is 0 Å². The first kappa shape index (κ1) is 24.8. The number of para-hydroxylation sites is 3. The van der Waals surface area contributed by atoms with Crippen molar-refractivity contribution in [3.63, 3.8) is 0 Å². The van der Waals surface area contributed by atoms with E-state index in [1.54, 1.807) is 0 Å². The minimum atomic E-state index is -0.274. The van der Waals surface area contributed by atoms with Gasteiger partial charge in [0.2, 0.25) is 5.96 Å². The number of furan rings is 1. The van der Waals surface area contributed by atoms with Crippen LogP contribution in [0.15, 0.2) is 148 Å². The van der Waals surface area contributed by atoms with Gasteiger partial charge in [-0.2, -0.15) is 0 Å². The summed E-state index contributed by atoms with van der Waals surface area (Å²) in [5.74, 6) is 2.92. The van der Waals surface area contributed by atoms with E-state index in [-0.39, 0.29) is 18.2 Å². The standard InChI is InChI=1S/C39H28N4O2/c1-2-11-23(12-3-1)37-40-38(28-17-10-16-27-25-14-5-9-20-34(25)45-36(27)28)42-39(41-37)43-31-18-7-4-13-24(31)29-21-30-26-15-6-8-19-33(26)44-35(30)22-32(29)43/h1-15,17-22,27,37-38,40H,16H2,(H,41,42). The van der Waals surface area contributed by atoms with Crippen molar-refractivity contribution in [2.24, 2.45) is 4.99 Å². The van der Waals surface area contributed by atoms with E-state index in [2.05, 4.69) is 118 Å². The van der Waals surface area contributed by atoms with Gasteiger partial charge >= 0.3 is 0 Å². The van der Waals surface area contributed by atoms with E-state index in [1.807, 2.05) is 24.3 Å². The molecule has 2 N–H and O–H groups in total. The van der Waals surface area contributed by atoms with Gasteiger partial charge in [0.15, 0.2) is 0 Å². The number of ether oxygens (including phenoxy) is 1. The molecule has 3 aliphatic rings. The zero-order valence-corrected chi connectivity index (χ0v) is 24.3. The average molecular weight is 585 g/mol. The highest BCUT2D eigenvalue weighted by atomic mass is 16.5. The maximum Gasteiger partial charge on any atom is 0.206 e. The van der Waals surface area contributed by atoms with Crippen molar-refractivity contribution < 1.29 is 9.15 Å². The highest BCUT2D eigenvalue weighted by Gasteiger charge is 2.37. The summed E-state index contributed by atoms with van der Waals surface area (Å²) in [6.45, 7) is 0. The van der Waals surface area contributed by atoms with Gasteiger partial charge < -0.3 is 14.5 Å². The first-order valence-electron chi connectivity index (χ1n) is 15.5. The van der Waals surface area contributed by atoms with E-state index in [1.165, 1.54) is 10.9 Å². The number of nitrogens with one attached hydrogen (secondary N) is 2. The van der Waals surface area contributed by atoms with Crippen molar-refractivity contribution in [2.45, 2.75) is 24.7 Å². The molecular formula is C39H28N4O2. The quantitative estimate of drug-likeness (QED) is 0.214. The summed E-state index contributed by atoms with van der Waals surface area (Å²) in [5, 5.41) is 12.2. The number of benzene rings is 5. The summed E-state index contributed by atoms with van der Waals surface area (Å²) >= 11 is 0. The fraction of sp³-hybridized carbons (Fsp3) is 0.103. The Morgan fingerprint density at radius 2 is 1.51 bits per heavy atom. The van der Waals surface area contributed by atoms with Crippen molar-refractivity contribution in [2.75, 3.05) is 0 Å². The van der Waals surface area contributed by atoms with Gasteiger partial charge in [0.25, 0.3) is 0 Å². The molecule has 1 aliphatic carbocycles. The molecule has 7 aromatic rings. The molecule has 0 spiro atoms. The Morgan fingerprint density at radius 3 is 2.44 bits per heavy atom. The molecule has 4 heterocycles. The van der Waals surface area contributed by atoms with Crippen molar-refractivity contribution in [1.82, 2.24) is 15.2 Å². The highest BCUT2D eigenvalue weighted by molar-refractivity contribution is 6.19. The van der Waals surface area contributed by atoms with Crippen molar-refractivity contribution in [1.29, 1.82) is 0 Å². The Morgan fingerprint density at radius 1 is 0.711 bits per heavy atom. The molecule has 0 saturated heterocycles. The number of aliphatic imine (C=N–C) groups is 1. The molecule has 5 aromatic carbocycles. The molecule has 2 aliphatic heterocycles. The fourth-order valence-electron chi connectivity index (χ4n) is 7.38. The van der Waals surface area contributed by atoms with Crippen molar-refractivity contribution in [3.8, 4) is 5.75 Å². The van der Waals surface area contributed by atoms with Gasteiger partial charge in [0.1, 0.15) is 35.0 Å². The summed E-state index contributed by atoms with van der Waals surface area (Å²) in [6, 6.07) is 40.1. The van der Waals surface area contributed by atoms with Crippen LogP contribution < -0.4 is 15.4 Å². The maximum atomic E-state index is 6.55. The number of fused-ring (bicyclic) bond motifs is 9. The Bertz CT molecular complexity index is 2410. The average Bonchev–Trinajstić information content (AvgIpc) is 3.76. The van der Waals surface area contributed by atoms with Gasteiger partial charge in [-0.15, -0.1) is 0 Å². The van der Waals surface area contributed by atoms with E-state index in [0.717, 1.165) is 73.4 Å². The number of rotatable bonds is 2. The van der Waals surface area contributed by atoms with Gasteiger partial charge in [-0.1, -0.05) is 97.1 Å². The summed E-state index contributed by atoms with van der Waals surface area (Å²) in [7, 11) is 0. The molecule has 3 atom stereocenters. The second kappa shape index (κ2) is 9.45. The highest BCUT2D eigenvalue weighted by Crippen LogP contribution is 2.46. The van der Waals surface area contributed by atoms with Gasteiger partial charge in [0, 0.05) is 44.7 Å². The van der Waals surface area contributed by atoms with Crippen LogP contribution in [0.1, 0.15) is 29.6 Å². The van der Waals surface area contributed by atoms with Crippen LogP contribution >= 0.6 is 0 Å². The number of hydrogen-bond acceptors (Lipinski definition) is 5. The first-order chi connectivity index (χ1) is 22.3. The number of allylic oxidation sites excluding steroid dienone is 2. The second-order valence-corrected chi connectivity index (χ2v) is 12.0. The lowest BCUT2D eigenvalue weighted by Gasteiger charge is -2.34. The molecule has 0 bridgehead atoms. The predicted octanol–water partition coefficient (Wildman–Crippen LogP) is 8.51. The third-order valence-corrected chi connectivity index (χ3v) is 9.44. The van der Waals surface area contributed by atoms with E-state index in [4.69, 9.17) is 14.1 Å². The van der Waals surface area contributed by atoms with Crippen LogP contribution in [-0.2, 0) is 0 Å². The lowest BCUT2D eigenvalue weighted by molar-refractivity contribution is 0.384.